The third-order valence-corrected chi connectivity index (χ3v) is 5.55. The molecule has 26 heavy (non-hydrogen) atoms. The molecule has 0 aliphatic heterocycles. The Labute approximate surface area is 156 Å². The van der Waals surface area contributed by atoms with Gasteiger partial charge in [-0.05, 0) is 61.4 Å². The van der Waals surface area contributed by atoms with E-state index in [1.165, 1.54) is 17.7 Å². The molecule has 3 N–H and O–H groups in total. The van der Waals surface area contributed by atoms with Crippen molar-refractivity contribution in [2.45, 2.75) is 23.0 Å². The molecule has 1 aliphatic carbocycles. The lowest BCUT2D eigenvalue weighted by Gasteiger charge is -2.11. The third kappa shape index (κ3) is 3.89. The number of hydrogen-bond donors (Lipinski definition) is 2. The van der Waals surface area contributed by atoms with Crippen molar-refractivity contribution < 1.29 is 4.79 Å². The average Bonchev–Trinajstić information content (AvgIpc) is 3.49. The average molecular weight is 361 g/mol. The van der Waals surface area contributed by atoms with Crippen molar-refractivity contribution >= 4 is 29.0 Å². The van der Waals surface area contributed by atoms with Crippen molar-refractivity contribution in [1.82, 2.24) is 4.98 Å². The number of anilines is 2. The maximum absolute atomic E-state index is 12.6. The van der Waals surface area contributed by atoms with Crippen LogP contribution in [0.5, 0.6) is 0 Å². The fraction of sp³-hybridized carbons (Fsp3) is 0.143. The number of hydrogen-bond acceptors (Lipinski definition) is 4. The smallest absolute Gasteiger partial charge is 0.255 e. The zero-order valence-corrected chi connectivity index (χ0v) is 15.0. The number of nitrogens with one attached hydrogen (secondary N) is 1. The number of nitrogen functional groups attached to an aromatic ring is 1. The Morgan fingerprint density at radius 1 is 1.08 bits per heavy atom. The van der Waals surface area contributed by atoms with Gasteiger partial charge in [-0.15, -0.1) is 11.8 Å². The van der Waals surface area contributed by atoms with Crippen LogP contribution in [0.15, 0.2) is 71.8 Å². The van der Waals surface area contributed by atoms with Crippen LogP contribution in [0.2, 0.25) is 0 Å². The third-order valence-electron chi connectivity index (χ3n) is 4.21. The fourth-order valence-corrected chi connectivity index (χ4v) is 3.66. The molecule has 4 nitrogen and oxygen atoms in total. The second-order valence-corrected chi connectivity index (χ2v) is 7.69. The van der Waals surface area contributed by atoms with Crippen molar-refractivity contribution in [3.8, 4) is 11.3 Å². The lowest BCUT2D eigenvalue weighted by Crippen LogP contribution is -2.13. The van der Waals surface area contributed by atoms with Gasteiger partial charge in [0.1, 0.15) is 0 Å². The van der Waals surface area contributed by atoms with Crippen molar-refractivity contribution in [3.05, 3.63) is 72.4 Å². The summed E-state index contributed by atoms with van der Waals surface area (Å²) in [5, 5.41) is 3.66. The van der Waals surface area contributed by atoms with Gasteiger partial charge in [-0.1, -0.05) is 12.1 Å². The molecule has 1 amide bonds. The Morgan fingerprint density at radius 3 is 2.58 bits per heavy atom. The van der Waals surface area contributed by atoms with Crippen molar-refractivity contribution in [1.29, 1.82) is 0 Å². The van der Waals surface area contributed by atoms with E-state index in [-0.39, 0.29) is 5.91 Å². The second-order valence-electron chi connectivity index (χ2n) is 6.31. The first-order valence-corrected chi connectivity index (χ1v) is 9.46. The second kappa shape index (κ2) is 7.22. The molecular formula is C21H19N3OS. The number of amides is 1. The summed E-state index contributed by atoms with van der Waals surface area (Å²) in [7, 11) is 0. The maximum atomic E-state index is 12.6. The zero-order valence-electron chi connectivity index (χ0n) is 14.2. The molecule has 2 aromatic carbocycles. The number of rotatable bonds is 5. The minimum Gasteiger partial charge on any atom is -0.397 e. The minimum atomic E-state index is -0.169. The number of nitrogens with zero attached hydrogens (tertiary/aromatic N) is 1. The molecule has 1 aromatic heterocycles. The highest BCUT2D eigenvalue weighted by atomic mass is 32.2. The quantitative estimate of drug-likeness (QED) is 0.638. The molecule has 0 bridgehead atoms. The molecule has 0 radical (unpaired) electrons. The van der Waals surface area contributed by atoms with Crippen LogP contribution in [0.3, 0.4) is 0 Å². The molecule has 0 atom stereocenters. The number of carbonyl (C=O) groups is 1. The Kier molecular flexibility index (Phi) is 4.63. The van der Waals surface area contributed by atoms with E-state index in [1.807, 2.05) is 66.4 Å². The van der Waals surface area contributed by atoms with E-state index in [2.05, 4.69) is 10.3 Å². The predicted octanol–water partition coefficient (Wildman–Crippen LogP) is 4.84. The van der Waals surface area contributed by atoms with Crippen LogP contribution in [0.1, 0.15) is 23.2 Å². The molecule has 3 aromatic rings. The molecular weight excluding hydrogens is 342 g/mol. The molecule has 0 unspecified atom stereocenters. The molecule has 0 saturated heterocycles. The molecule has 1 heterocycles. The summed E-state index contributed by atoms with van der Waals surface area (Å²) in [5.74, 6) is -0.169. The summed E-state index contributed by atoms with van der Waals surface area (Å²) in [6.45, 7) is 0. The number of carbonyl (C=O) groups excluding carboxylic acids is 1. The van der Waals surface area contributed by atoms with Crippen molar-refractivity contribution in [3.63, 3.8) is 0 Å². The summed E-state index contributed by atoms with van der Waals surface area (Å²) >= 11 is 1.88. The van der Waals surface area contributed by atoms with E-state index in [9.17, 15) is 4.79 Å². The normalized spacial score (nSPS) is 13.4. The number of nitrogens with two attached hydrogens (primary N) is 1. The summed E-state index contributed by atoms with van der Waals surface area (Å²) < 4.78 is 0. The van der Waals surface area contributed by atoms with E-state index in [1.54, 1.807) is 12.3 Å². The number of pyridine rings is 1. The van der Waals surface area contributed by atoms with Crippen molar-refractivity contribution in [2.24, 2.45) is 0 Å². The lowest BCUT2D eigenvalue weighted by atomic mass is 10.1. The van der Waals surface area contributed by atoms with Gasteiger partial charge in [-0.25, -0.2) is 0 Å². The molecule has 1 fully saturated rings. The van der Waals surface area contributed by atoms with Gasteiger partial charge in [-0.3, -0.25) is 9.78 Å². The highest BCUT2D eigenvalue weighted by molar-refractivity contribution is 8.00. The minimum absolute atomic E-state index is 0.169. The highest BCUT2D eigenvalue weighted by Crippen LogP contribution is 2.39. The monoisotopic (exact) mass is 361 g/mol. The van der Waals surface area contributed by atoms with Gasteiger partial charge in [-0.2, -0.15) is 0 Å². The van der Waals surface area contributed by atoms with E-state index in [0.29, 0.717) is 16.9 Å². The summed E-state index contributed by atoms with van der Waals surface area (Å²) in [6, 6.07) is 19.0. The SMILES string of the molecule is Nc1ccc(-c2ccccn2)cc1NC(=O)c1ccc(SC2CC2)cc1. The standard InChI is InChI=1S/C21H19N3OS/c22-18-11-6-15(19-3-1-2-12-23-19)13-20(18)24-21(25)14-4-7-16(8-5-14)26-17-9-10-17/h1-8,11-13,17H,9-10,22H2,(H,24,25). The first-order chi connectivity index (χ1) is 12.7. The molecule has 1 saturated carbocycles. The van der Waals surface area contributed by atoms with Crippen LogP contribution in [-0.2, 0) is 0 Å². The largest absolute Gasteiger partial charge is 0.397 e. The van der Waals surface area contributed by atoms with Gasteiger partial charge in [0.25, 0.3) is 5.91 Å². The van der Waals surface area contributed by atoms with Gasteiger partial charge in [0.05, 0.1) is 17.1 Å². The Hall–Kier alpha value is -2.79. The Bertz CT molecular complexity index is 922. The number of benzene rings is 2. The van der Waals surface area contributed by atoms with E-state index >= 15 is 0 Å². The van der Waals surface area contributed by atoms with Crippen LogP contribution in [0, 0.1) is 0 Å². The number of thioether (sulfide) groups is 1. The molecule has 130 valence electrons. The first-order valence-electron chi connectivity index (χ1n) is 8.58. The Balaban J connectivity index is 1.51. The topological polar surface area (TPSA) is 68.0 Å². The van der Waals surface area contributed by atoms with Gasteiger partial charge in [0.15, 0.2) is 0 Å². The molecule has 1 aliphatic rings. The Morgan fingerprint density at radius 2 is 1.88 bits per heavy atom. The fourth-order valence-electron chi connectivity index (χ4n) is 2.62. The number of aromatic nitrogens is 1. The van der Waals surface area contributed by atoms with Gasteiger partial charge >= 0.3 is 0 Å². The van der Waals surface area contributed by atoms with E-state index in [0.717, 1.165) is 16.5 Å². The zero-order chi connectivity index (χ0) is 17.9. The van der Waals surface area contributed by atoms with Crippen LogP contribution < -0.4 is 11.1 Å². The van der Waals surface area contributed by atoms with Crippen LogP contribution in [0.4, 0.5) is 11.4 Å². The highest BCUT2D eigenvalue weighted by Gasteiger charge is 2.22. The predicted molar refractivity (Wildman–Crippen MR) is 107 cm³/mol. The summed E-state index contributed by atoms with van der Waals surface area (Å²) in [5.41, 5.74) is 9.52. The van der Waals surface area contributed by atoms with Crippen LogP contribution in [0.25, 0.3) is 11.3 Å². The first kappa shape index (κ1) is 16.7. The van der Waals surface area contributed by atoms with Crippen LogP contribution >= 0.6 is 11.8 Å². The van der Waals surface area contributed by atoms with Gasteiger partial charge < -0.3 is 11.1 Å². The van der Waals surface area contributed by atoms with Crippen LogP contribution in [-0.4, -0.2) is 16.1 Å². The molecule has 4 rings (SSSR count). The summed E-state index contributed by atoms with van der Waals surface area (Å²) in [6.07, 6.45) is 4.32. The van der Waals surface area contributed by atoms with E-state index < -0.39 is 0 Å². The molecule has 5 heteroatoms. The lowest BCUT2D eigenvalue weighted by molar-refractivity contribution is 0.102. The van der Waals surface area contributed by atoms with Gasteiger partial charge in [0.2, 0.25) is 0 Å². The maximum Gasteiger partial charge on any atom is 0.255 e. The van der Waals surface area contributed by atoms with Crippen molar-refractivity contribution in [2.75, 3.05) is 11.1 Å². The van der Waals surface area contributed by atoms with Gasteiger partial charge in [0, 0.05) is 27.5 Å². The molecule has 0 spiro atoms. The summed E-state index contributed by atoms with van der Waals surface area (Å²) in [4.78, 5) is 18.1. The van der Waals surface area contributed by atoms with E-state index in [4.69, 9.17) is 5.73 Å².